The van der Waals surface area contributed by atoms with Crippen LogP contribution >= 0.6 is 24.0 Å². The summed E-state index contributed by atoms with van der Waals surface area (Å²) >= 11 is 0. The lowest BCUT2D eigenvalue weighted by Crippen LogP contribution is -2.20. The topological polar surface area (TPSA) is 3.24 Å². The van der Waals surface area contributed by atoms with Crippen molar-refractivity contribution in [3.8, 4) is 0 Å². The molecule has 1 aliphatic rings. The van der Waals surface area contributed by atoms with Crippen molar-refractivity contribution in [2.24, 2.45) is 0 Å². The molecule has 0 amide bonds. The van der Waals surface area contributed by atoms with E-state index < -0.39 is 0 Å². The maximum Gasteiger partial charge on any atom is 0.0359 e. The van der Waals surface area contributed by atoms with Gasteiger partial charge in [0.05, 0.1) is 0 Å². The molecule has 0 saturated heterocycles. The highest BCUT2D eigenvalue weighted by Gasteiger charge is 1.99. The predicted octanol–water partition coefficient (Wildman–Crippen LogP) is 3.18. The van der Waals surface area contributed by atoms with Crippen LogP contribution in [0.4, 0.5) is 0 Å². The van der Waals surface area contributed by atoms with Gasteiger partial charge >= 0.3 is 0 Å². The molecule has 0 spiro atoms. The SMILES string of the molecule is CCCCN1C=CC(C)=CC1.I. The lowest BCUT2D eigenvalue weighted by Gasteiger charge is -2.21. The van der Waals surface area contributed by atoms with Crippen LogP contribution in [-0.4, -0.2) is 18.0 Å². The van der Waals surface area contributed by atoms with E-state index in [1.165, 1.54) is 25.0 Å². The summed E-state index contributed by atoms with van der Waals surface area (Å²) in [6.07, 6.45) is 9.24. The Bertz CT molecular complexity index is 173. The van der Waals surface area contributed by atoms with E-state index in [1.807, 2.05) is 0 Å². The Morgan fingerprint density at radius 2 is 2.25 bits per heavy atom. The summed E-state index contributed by atoms with van der Waals surface area (Å²) in [4.78, 5) is 2.36. The minimum Gasteiger partial charge on any atom is -0.374 e. The number of rotatable bonds is 3. The first-order valence-electron chi connectivity index (χ1n) is 4.42. The van der Waals surface area contributed by atoms with E-state index >= 15 is 0 Å². The van der Waals surface area contributed by atoms with Gasteiger partial charge in [0.1, 0.15) is 0 Å². The van der Waals surface area contributed by atoms with Crippen molar-refractivity contribution in [2.45, 2.75) is 26.7 Å². The highest BCUT2D eigenvalue weighted by Crippen LogP contribution is 2.06. The quantitative estimate of drug-likeness (QED) is 0.717. The fraction of sp³-hybridized carbons (Fsp3) is 0.600. The maximum atomic E-state index is 2.36. The van der Waals surface area contributed by atoms with E-state index in [1.54, 1.807) is 0 Å². The summed E-state index contributed by atoms with van der Waals surface area (Å²) < 4.78 is 0. The van der Waals surface area contributed by atoms with Crippen molar-refractivity contribution in [1.82, 2.24) is 4.90 Å². The minimum absolute atomic E-state index is 0. The fourth-order valence-electron chi connectivity index (χ4n) is 1.14. The van der Waals surface area contributed by atoms with Crippen molar-refractivity contribution in [2.75, 3.05) is 13.1 Å². The Labute approximate surface area is 92.5 Å². The number of hydrogen-bond donors (Lipinski definition) is 0. The second-order valence-electron chi connectivity index (χ2n) is 3.11. The van der Waals surface area contributed by atoms with Gasteiger partial charge in [-0.3, -0.25) is 0 Å². The Morgan fingerprint density at radius 3 is 2.75 bits per heavy atom. The largest absolute Gasteiger partial charge is 0.374 e. The van der Waals surface area contributed by atoms with Crippen LogP contribution in [0.1, 0.15) is 26.7 Å². The van der Waals surface area contributed by atoms with E-state index in [2.05, 4.69) is 37.1 Å². The minimum atomic E-state index is 0. The number of halogens is 1. The van der Waals surface area contributed by atoms with Gasteiger partial charge in [-0.1, -0.05) is 25.0 Å². The molecular weight excluding hydrogens is 261 g/mol. The first-order valence-corrected chi connectivity index (χ1v) is 4.42. The van der Waals surface area contributed by atoms with Gasteiger partial charge in [0.25, 0.3) is 0 Å². The third-order valence-electron chi connectivity index (χ3n) is 1.99. The molecule has 70 valence electrons. The Morgan fingerprint density at radius 1 is 1.50 bits per heavy atom. The van der Waals surface area contributed by atoms with Gasteiger partial charge in [0.15, 0.2) is 0 Å². The molecule has 1 rings (SSSR count). The van der Waals surface area contributed by atoms with Crippen LogP contribution in [0.25, 0.3) is 0 Å². The fourth-order valence-corrected chi connectivity index (χ4v) is 1.14. The zero-order valence-corrected chi connectivity index (χ0v) is 10.2. The molecule has 1 heterocycles. The molecule has 0 fully saturated rings. The standard InChI is InChI=1S/C10H17N.HI/c1-3-4-7-11-8-5-10(2)6-9-11;/h5-6,8H,3-4,7,9H2,1-2H3;1H. The first kappa shape index (κ1) is 12.0. The molecule has 0 aromatic rings. The Balaban J connectivity index is 0.00000121. The molecule has 1 aliphatic heterocycles. The third kappa shape index (κ3) is 4.14. The highest BCUT2D eigenvalue weighted by atomic mass is 127. The van der Waals surface area contributed by atoms with Crippen molar-refractivity contribution in [1.29, 1.82) is 0 Å². The van der Waals surface area contributed by atoms with Crippen LogP contribution in [0, 0.1) is 0 Å². The Kier molecular flexibility index (Phi) is 6.52. The molecule has 12 heavy (non-hydrogen) atoms. The molecule has 0 aromatic heterocycles. The number of allylic oxidation sites excluding steroid dienone is 2. The van der Waals surface area contributed by atoms with Crippen LogP contribution in [-0.2, 0) is 0 Å². The number of nitrogens with zero attached hydrogens (tertiary/aromatic N) is 1. The summed E-state index contributed by atoms with van der Waals surface area (Å²) in [6, 6.07) is 0. The summed E-state index contributed by atoms with van der Waals surface area (Å²) in [7, 11) is 0. The van der Waals surface area contributed by atoms with Gasteiger partial charge in [-0.2, -0.15) is 0 Å². The predicted molar refractivity (Wildman–Crippen MR) is 64.8 cm³/mol. The molecular formula is C10H18IN. The summed E-state index contributed by atoms with van der Waals surface area (Å²) in [6.45, 7) is 6.68. The van der Waals surface area contributed by atoms with Crippen LogP contribution in [0.15, 0.2) is 23.9 Å². The average Bonchev–Trinajstić information content (AvgIpc) is 2.04. The smallest absolute Gasteiger partial charge is 0.0359 e. The summed E-state index contributed by atoms with van der Waals surface area (Å²) in [5.41, 5.74) is 1.39. The summed E-state index contributed by atoms with van der Waals surface area (Å²) in [5, 5.41) is 0. The lowest BCUT2D eigenvalue weighted by molar-refractivity contribution is 0.399. The van der Waals surface area contributed by atoms with Gasteiger partial charge in [-0.25, -0.2) is 0 Å². The van der Waals surface area contributed by atoms with Crippen LogP contribution in [0.2, 0.25) is 0 Å². The van der Waals surface area contributed by atoms with Crippen LogP contribution < -0.4 is 0 Å². The maximum absolute atomic E-state index is 2.36. The molecule has 0 bridgehead atoms. The molecule has 0 unspecified atom stereocenters. The van der Waals surface area contributed by atoms with Crippen LogP contribution in [0.5, 0.6) is 0 Å². The van der Waals surface area contributed by atoms with Crippen molar-refractivity contribution in [3.05, 3.63) is 23.9 Å². The molecule has 0 saturated carbocycles. The van der Waals surface area contributed by atoms with Crippen molar-refractivity contribution in [3.63, 3.8) is 0 Å². The molecule has 0 N–H and O–H groups in total. The van der Waals surface area contributed by atoms with E-state index in [-0.39, 0.29) is 24.0 Å². The number of hydrogen-bond acceptors (Lipinski definition) is 1. The van der Waals surface area contributed by atoms with Gasteiger partial charge < -0.3 is 4.90 Å². The molecule has 2 heteroatoms. The number of unbranched alkanes of at least 4 members (excludes halogenated alkanes) is 1. The van der Waals surface area contributed by atoms with Gasteiger partial charge in [0.2, 0.25) is 0 Å². The second kappa shape index (κ2) is 6.52. The summed E-state index contributed by atoms with van der Waals surface area (Å²) in [5.74, 6) is 0. The molecule has 0 aromatic carbocycles. The van der Waals surface area contributed by atoms with E-state index in [0.29, 0.717) is 0 Å². The van der Waals surface area contributed by atoms with Gasteiger partial charge in [-0.15, -0.1) is 24.0 Å². The van der Waals surface area contributed by atoms with Crippen LogP contribution in [0.3, 0.4) is 0 Å². The average molecular weight is 279 g/mol. The molecule has 0 radical (unpaired) electrons. The monoisotopic (exact) mass is 279 g/mol. The van der Waals surface area contributed by atoms with Crippen molar-refractivity contribution < 1.29 is 0 Å². The molecule has 0 atom stereocenters. The first-order chi connectivity index (χ1) is 5.33. The van der Waals surface area contributed by atoms with Gasteiger partial charge in [-0.05, 0) is 25.6 Å². The normalized spacial score (nSPS) is 15.5. The zero-order valence-electron chi connectivity index (χ0n) is 7.92. The zero-order chi connectivity index (χ0) is 8.10. The van der Waals surface area contributed by atoms with E-state index in [9.17, 15) is 0 Å². The lowest BCUT2D eigenvalue weighted by atomic mass is 10.2. The van der Waals surface area contributed by atoms with E-state index in [4.69, 9.17) is 0 Å². The molecule has 0 aliphatic carbocycles. The Hall–Kier alpha value is 0.01000. The molecule has 1 nitrogen and oxygen atoms in total. The second-order valence-corrected chi connectivity index (χ2v) is 3.11. The van der Waals surface area contributed by atoms with E-state index in [0.717, 1.165) is 6.54 Å². The third-order valence-corrected chi connectivity index (χ3v) is 1.99. The highest BCUT2D eigenvalue weighted by molar-refractivity contribution is 14.0. The van der Waals surface area contributed by atoms with Gasteiger partial charge in [0, 0.05) is 13.1 Å². The van der Waals surface area contributed by atoms with Crippen molar-refractivity contribution >= 4 is 24.0 Å².